The van der Waals surface area contributed by atoms with E-state index < -0.39 is 6.43 Å². The number of hydrogen-bond acceptors (Lipinski definition) is 2. The fourth-order valence-corrected chi connectivity index (χ4v) is 1.98. The highest BCUT2D eigenvalue weighted by Gasteiger charge is 2.32. The Morgan fingerprint density at radius 1 is 1.59 bits per heavy atom. The monoisotopic (exact) mass is 259 g/mol. The SMILES string of the molecule is COC=C(c1nccc(Cl)c1C(F)F)C1CC1. The molecule has 1 aromatic heterocycles. The Kier molecular flexibility index (Phi) is 3.62. The number of nitrogens with zero attached hydrogens (tertiary/aromatic N) is 1. The first-order valence-electron chi connectivity index (χ1n) is 5.31. The van der Waals surface area contributed by atoms with Crippen LogP contribution in [0.25, 0.3) is 5.57 Å². The van der Waals surface area contributed by atoms with Crippen molar-refractivity contribution in [3.8, 4) is 0 Å². The van der Waals surface area contributed by atoms with Crippen LogP contribution in [0.2, 0.25) is 5.02 Å². The molecule has 0 saturated heterocycles. The Balaban J connectivity index is 2.49. The van der Waals surface area contributed by atoms with Crippen LogP contribution in [0, 0.1) is 5.92 Å². The fourth-order valence-electron chi connectivity index (χ4n) is 1.75. The quantitative estimate of drug-likeness (QED) is 0.761. The van der Waals surface area contributed by atoms with Gasteiger partial charge < -0.3 is 4.74 Å². The summed E-state index contributed by atoms with van der Waals surface area (Å²) in [7, 11) is 1.50. The number of ether oxygens (including phenoxy) is 1. The predicted molar refractivity (Wildman–Crippen MR) is 61.9 cm³/mol. The van der Waals surface area contributed by atoms with Gasteiger partial charge in [0.2, 0.25) is 0 Å². The van der Waals surface area contributed by atoms with Gasteiger partial charge in [0.1, 0.15) is 0 Å². The van der Waals surface area contributed by atoms with Crippen molar-refractivity contribution < 1.29 is 13.5 Å². The molecule has 2 nitrogen and oxygen atoms in total. The number of allylic oxidation sites excluding steroid dienone is 1. The van der Waals surface area contributed by atoms with Crippen LogP contribution in [-0.4, -0.2) is 12.1 Å². The average Bonchev–Trinajstić information content (AvgIpc) is 3.08. The molecule has 5 heteroatoms. The standard InChI is InChI=1S/C12H12ClF2NO/c1-17-6-8(7-2-3-7)11-10(12(14)15)9(13)4-5-16-11/h4-7,12H,2-3H2,1H3. The van der Waals surface area contributed by atoms with Crippen molar-refractivity contribution in [1.82, 2.24) is 4.98 Å². The summed E-state index contributed by atoms with van der Waals surface area (Å²) in [6.45, 7) is 0. The van der Waals surface area contributed by atoms with Crippen LogP contribution in [0.5, 0.6) is 0 Å². The van der Waals surface area contributed by atoms with E-state index in [9.17, 15) is 8.78 Å². The van der Waals surface area contributed by atoms with Gasteiger partial charge in [-0.15, -0.1) is 0 Å². The third kappa shape index (κ3) is 2.57. The van der Waals surface area contributed by atoms with Crippen molar-refractivity contribution in [2.45, 2.75) is 19.3 Å². The second-order valence-corrected chi connectivity index (χ2v) is 4.35. The van der Waals surface area contributed by atoms with Crippen LogP contribution in [-0.2, 0) is 4.74 Å². The van der Waals surface area contributed by atoms with Gasteiger partial charge in [-0.05, 0) is 24.8 Å². The molecule has 1 saturated carbocycles. The number of rotatable bonds is 4. The lowest BCUT2D eigenvalue weighted by Gasteiger charge is -2.12. The molecule has 1 heterocycles. The van der Waals surface area contributed by atoms with Crippen LogP contribution in [0.3, 0.4) is 0 Å². The normalized spacial score (nSPS) is 16.4. The predicted octanol–water partition coefficient (Wildman–Crippen LogP) is 4.07. The third-order valence-electron chi connectivity index (χ3n) is 2.69. The molecule has 2 rings (SSSR count). The van der Waals surface area contributed by atoms with E-state index in [4.69, 9.17) is 16.3 Å². The van der Waals surface area contributed by atoms with Gasteiger partial charge in [0.25, 0.3) is 6.43 Å². The summed E-state index contributed by atoms with van der Waals surface area (Å²) in [5.74, 6) is 0.262. The Morgan fingerprint density at radius 2 is 2.29 bits per heavy atom. The van der Waals surface area contributed by atoms with Crippen LogP contribution in [0.1, 0.15) is 30.5 Å². The first-order chi connectivity index (χ1) is 8.15. The maximum atomic E-state index is 13.0. The van der Waals surface area contributed by atoms with E-state index in [2.05, 4.69) is 4.98 Å². The Labute approximate surface area is 103 Å². The van der Waals surface area contributed by atoms with Crippen LogP contribution in [0.4, 0.5) is 8.78 Å². The van der Waals surface area contributed by atoms with Gasteiger partial charge in [-0.3, -0.25) is 4.98 Å². The Morgan fingerprint density at radius 3 is 2.82 bits per heavy atom. The lowest BCUT2D eigenvalue weighted by atomic mass is 10.0. The van der Waals surface area contributed by atoms with Gasteiger partial charge in [-0.25, -0.2) is 8.78 Å². The largest absolute Gasteiger partial charge is 0.504 e. The van der Waals surface area contributed by atoms with Crippen LogP contribution in [0.15, 0.2) is 18.5 Å². The number of halogens is 3. The number of alkyl halides is 2. The molecule has 0 aromatic carbocycles. The van der Waals surface area contributed by atoms with E-state index in [1.54, 1.807) is 0 Å². The highest BCUT2D eigenvalue weighted by molar-refractivity contribution is 6.31. The van der Waals surface area contributed by atoms with Gasteiger partial charge in [0.05, 0.1) is 29.7 Å². The summed E-state index contributed by atoms with van der Waals surface area (Å²) in [6, 6.07) is 1.38. The number of pyridine rings is 1. The van der Waals surface area contributed by atoms with Crippen molar-refractivity contribution in [1.29, 1.82) is 0 Å². The zero-order valence-electron chi connectivity index (χ0n) is 9.29. The topological polar surface area (TPSA) is 22.1 Å². The summed E-state index contributed by atoms with van der Waals surface area (Å²) in [6.07, 6.45) is 2.25. The van der Waals surface area contributed by atoms with Gasteiger partial charge in [0, 0.05) is 11.8 Å². The van der Waals surface area contributed by atoms with Crippen LogP contribution >= 0.6 is 11.6 Å². The van der Waals surface area contributed by atoms with Gasteiger partial charge in [-0.1, -0.05) is 11.6 Å². The minimum Gasteiger partial charge on any atom is -0.504 e. The Hall–Kier alpha value is -1.16. The van der Waals surface area contributed by atoms with Crippen LogP contribution < -0.4 is 0 Å². The average molecular weight is 260 g/mol. The van der Waals surface area contributed by atoms with Gasteiger partial charge in [0.15, 0.2) is 0 Å². The van der Waals surface area contributed by atoms with Crippen molar-refractivity contribution in [3.05, 3.63) is 34.8 Å². The van der Waals surface area contributed by atoms with E-state index in [1.165, 1.54) is 25.6 Å². The molecule has 0 bridgehead atoms. The molecule has 1 aliphatic rings. The molecule has 92 valence electrons. The smallest absolute Gasteiger partial charge is 0.267 e. The minimum atomic E-state index is -2.63. The lowest BCUT2D eigenvalue weighted by molar-refractivity contribution is 0.150. The number of hydrogen-bond donors (Lipinski definition) is 0. The van der Waals surface area contributed by atoms with E-state index in [0.29, 0.717) is 5.57 Å². The van der Waals surface area contributed by atoms with Crippen molar-refractivity contribution >= 4 is 17.2 Å². The van der Waals surface area contributed by atoms with E-state index >= 15 is 0 Å². The molecule has 1 aromatic rings. The molecule has 0 unspecified atom stereocenters. The molecule has 0 aliphatic heterocycles. The molecule has 1 aliphatic carbocycles. The molecular weight excluding hydrogens is 248 g/mol. The highest BCUT2D eigenvalue weighted by Crippen LogP contribution is 2.44. The first kappa shape index (κ1) is 12.3. The number of methoxy groups -OCH3 is 1. The molecule has 0 atom stereocenters. The molecular formula is C12H12ClF2NO. The number of aromatic nitrogens is 1. The fraction of sp³-hybridized carbons (Fsp3) is 0.417. The summed E-state index contributed by atoms with van der Waals surface area (Å²) < 4.78 is 30.9. The minimum absolute atomic E-state index is 0.0488. The van der Waals surface area contributed by atoms with Gasteiger partial charge in [-0.2, -0.15) is 0 Å². The summed E-state index contributed by atoms with van der Waals surface area (Å²) in [4.78, 5) is 4.03. The van der Waals surface area contributed by atoms with E-state index in [1.807, 2.05) is 0 Å². The Bertz CT molecular complexity index is 444. The molecule has 0 spiro atoms. The second kappa shape index (κ2) is 5.00. The van der Waals surface area contributed by atoms with E-state index in [0.717, 1.165) is 12.8 Å². The zero-order valence-corrected chi connectivity index (χ0v) is 10.0. The first-order valence-corrected chi connectivity index (χ1v) is 5.68. The summed E-state index contributed by atoms with van der Waals surface area (Å²) in [5, 5.41) is 0.0488. The molecule has 0 amide bonds. The highest BCUT2D eigenvalue weighted by atomic mass is 35.5. The van der Waals surface area contributed by atoms with Crippen molar-refractivity contribution in [3.63, 3.8) is 0 Å². The molecule has 1 fully saturated rings. The molecule has 0 radical (unpaired) electrons. The molecule has 0 N–H and O–H groups in total. The van der Waals surface area contributed by atoms with Crippen molar-refractivity contribution in [2.24, 2.45) is 5.92 Å². The zero-order chi connectivity index (χ0) is 12.4. The maximum Gasteiger partial charge on any atom is 0.267 e. The summed E-state index contributed by atoms with van der Waals surface area (Å²) in [5.41, 5.74) is 0.770. The second-order valence-electron chi connectivity index (χ2n) is 3.94. The maximum absolute atomic E-state index is 13.0. The molecule has 17 heavy (non-hydrogen) atoms. The third-order valence-corrected chi connectivity index (χ3v) is 3.02. The lowest BCUT2D eigenvalue weighted by Crippen LogP contribution is -2.01. The van der Waals surface area contributed by atoms with Gasteiger partial charge >= 0.3 is 0 Å². The van der Waals surface area contributed by atoms with Crippen molar-refractivity contribution in [2.75, 3.05) is 7.11 Å². The van der Waals surface area contributed by atoms with E-state index in [-0.39, 0.29) is 22.2 Å². The summed E-state index contributed by atoms with van der Waals surface area (Å²) >= 11 is 5.81.